The van der Waals surface area contributed by atoms with Crippen LogP contribution in [0.25, 0.3) is 10.9 Å². The van der Waals surface area contributed by atoms with Crippen LogP contribution in [0.15, 0.2) is 28.2 Å². The Balaban J connectivity index is 2.39. The van der Waals surface area contributed by atoms with Crippen molar-refractivity contribution in [3.8, 4) is 6.07 Å². The van der Waals surface area contributed by atoms with Crippen molar-refractivity contribution in [2.75, 3.05) is 6.61 Å². The molecule has 0 amide bonds. The first-order valence-corrected chi connectivity index (χ1v) is 9.06. The lowest BCUT2D eigenvalue weighted by molar-refractivity contribution is 0.0743. The lowest BCUT2D eigenvalue weighted by atomic mass is 10.2. The van der Waals surface area contributed by atoms with Gasteiger partial charge in [0.05, 0.1) is 28.3 Å². The molecule has 1 aromatic carbocycles. The molecular formula is C17H20ClN3O2S. The molecular weight excluding hydrogens is 346 g/mol. The molecule has 24 heavy (non-hydrogen) atoms. The third kappa shape index (κ3) is 4.73. The average Bonchev–Trinajstić information content (AvgIpc) is 2.53. The van der Waals surface area contributed by atoms with Crippen LogP contribution in [-0.4, -0.2) is 27.5 Å². The van der Waals surface area contributed by atoms with E-state index in [9.17, 15) is 4.79 Å². The van der Waals surface area contributed by atoms with E-state index in [-0.39, 0.29) is 16.9 Å². The van der Waals surface area contributed by atoms with E-state index in [4.69, 9.17) is 21.6 Å². The molecule has 0 radical (unpaired) electrons. The second-order valence-corrected chi connectivity index (χ2v) is 7.42. The molecule has 0 bridgehead atoms. The van der Waals surface area contributed by atoms with Crippen LogP contribution in [0.4, 0.5) is 0 Å². The van der Waals surface area contributed by atoms with Crippen LogP contribution < -0.4 is 5.56 Å². The SMILES string of the molecule is CC(C)OCCCn1c(S[C@H](C)C#N)nc2cc(Cl)ccc2c1=O. The van der Waals surface area contributed by atoms with E-state index in [1.807, 2.05) is 13.8 Å². The van der Waals surface area contributed by atoms with Crippen LogP contribution in [0.3, 0.4) is 0 Å². The highest BCUT2D eigenvalue weighted by atomic mass is 35.5. The number of fused-ring (bicyclic) bond motifs is 1. The smallest absolute Gasteiger partial charge is 0.262 e. The minimum atomic E-state index is -0.299. The molecule has 1 aromatic heterocycles. The number of halogens is 1. The first-order valence-electron chi connectivity index (χ1n) is 7.80. The molecule has 7 heteroatoms. The number of ether oxygens (including phenoxy) is 1. The first kappa shape index (κ1) is 18.8. The molecule has 0 saturated carbocycles. The predicted octanol–water partition coefficient (Wildman–Crippen LogP) is 3.87. The van der Waals surface area contributed by atoms with Gasteiger partial charge in [-0.1, -0.05) is 23.4 Å². The minimum Gasteiger partial charge on any atom is -0.379 e. The summed E-state index contributed by atoms with van der Waals surface area (Å²) in [6.45, 7) is 6.80. The molecule has 0 aliphatic rings. The van der Waals surface area contributed by atoms with Gasteiger partial charge in [-0.2, -0.15) is 5.26 Å². The third-order valence-electron chi connectivity index (χ3n) is 3.32. The van der Waals surface area contributed by atoms with Crippen molar-refractivity contribution < 1.29 is 4.74 Å². The van der Waals surface area contributed by atoms with Gasteiger partial charge in [0.15, 0.2) is 5.16 Å². The van der Waals surface area contributed by atoms with Gasteiger partial charge in [-0.25, -0.2) is 4.98 Å². The van der Waals surface area contributed by atoms with Gasteiger partial charge in [-0.3, -0.25) is 9.36 Å². The summed E-state index contributed by atoms with van der Waals surface area (Å²) in [5, 5.41) is 10.4. The van der Waals surface area contributed by atoms with Crippen LogP contribution in [0.1, 0.15) is 27.2 Å². The summed E-state index contributed by atoms with van der Waals surface area (Å²) in [4.78, 5) is 17.3. The molecule has 2 rings (SSSR count). The molecule has 0 aliphatic carbocycles. The average molecular weight is 366 g/mol. The molecule has 0 unspecified atom stereocenters. The van der Waals surface area contributed by atoms with Gasteiger partial charge in [0.1, 0.15) is 0 Å². The molecule has 128 valence electrons. The monoisotopic (exact) mass is 365 g/mol. The Labute approximate surface area is 150 Å². The molecule has 0 fully saturated rings. The highest BCUT2D eigenvalue weighted by Gasteiger charge is 2.14. The van der Waals surface area contributed by atoms with E-state index in [2.05, 4.69) is 11.1 Å². The predicted molar refractivity (Wildman–Crippen MR) is 97.7 cm³/mol. The fourth-order valence-electron chi connectivity index (χ4n) is 2.19. The van der Waals surface area contributed by atoms with E-state index in [1.54, 1.807) is 29.7 Å². The molecule has 0 spiro atoms. The second kappa shape index (κ2) is 8.52. The molecule has 0 aliphatic heterocycles. The molecule has 1 atom stereocenters. The molecule has 0 saturated heterocycles. The quantitative estimate of drug-likeness (QED) is 0.423. The van der Waals surface area contributed by atoms with Crippen LogP contribution >= 0.6 is 23.4 Å². The van der Waals surface area contributed by atoms with Gasteiger partial charge < -0.3 is 4.74 Å². The fraction of sp³-hybridized carbons (Fsp3) is 0.471. The van der Waals surface area contributed by atoms with Crippen molar-refractivity contribution in [3.05, 3.63) is 33.6 Å². The standard InChI is InChI=1S/C17H20ClN3O2S/c1-11(2)23-8-4-7-21-16(22)14-6-5-13(18)9-15(14)20-17(21)24-12(3)10-19/h5-6,9,11-12H,4,7-8H2,1-3H3/t12-/m1/s1. The van der Waals surface area contributed by atoms with Gasteiger partial charge >= 0.3 is 0 Å². The number of nitriles is 1. The highest BCUT2D eigenvalue weighted by molar-refractivity contribution is 8.00. The van der Waals surface area contributed by atoms with Crippen molar-refractivity contribution in [1.29, 1.82) is 5.26 Å². The zero-order valence-electron chi connectivity index (χ0n) is 14.0. The van der Waals surface area contributed by atoms with Gasteiger partial charge in [-0.15, -0.1) is 0 Å². The van der Waals surface area contributed by atoms with E-state index >= 15 is 0 Å². The van der Waals surface area contributed by atoms with E-state index in [1.165, 1.54) is 11.8 Å². The van der Waals surface area contributed by atoms with Crippen molar-refractivity contribution in [3.63, 3.8) is 0 Å². The lowest BCUT2D eigenvalue weighted by Gasteiger charge is -2.14. The summed E-state index contributed by atoms with van der Waals surface area (Å²) in [6, 6.07) is 7.21. The maximum Gasteiger partial charge on any atom is 0.262 e. The maximum absolute atomic E-state index is 12.8. The maximum atomic E-state index is 12.8. The Morgan fingerprint density at radius 1 is 1.42 bits per heavy atom. The summed E-state index contributed by atoms with van der Waals surface area (Å²) in [5.41, 5.74) is 0.434. The van der Waals surface area contributed by atoms with Crippen LogP contribution in [0.5, 0.6) is 0 Å². The van der Waals surface area contributed by atoms with E-state index < -0.39 is 0 Å². The highest BCUT2D eigenvalue weighted by Crippen LogP contribution is 2.23. The van der Waals surface area contributed by atoms with Crippen molar-refractivity contribution in [1.82, 2.24) is 9.55 Å². The lowest BCUT2D eigenvalue weighted by Crippen LogP contribution is -2.24. The third-order valence-corrected chi connectivity index (χ3v) is 4.54. The summed E-state index contributed by atoms with van der Waals surface area (Å²) in [6.07, 6.45) is 0.860. The Morgan fingerprint density at radius 2 is 2.17 bits per heavy atom. The fourth-order valence-corrected chi connectivity index (χ4v) is 3.17. The number of benzene rings is 1. The van der Waals surface area contributed by atoms with Gasteiger partial charge in [0, 0.05) is 18.2 Å². The summed E-state index contributed by atoms with van der Waals surface area (Å²) < 4.78 is 7.16. The Bertz CT molecular complexity index is 814. The van der Waals surface area contributed by atoms with Gasteiger partial charge in [0.25, 0.3) is 5.56 Å². The summed E-state index contributed by atoms with van der Waals surface area (Å²) >= 11 is 7.28. The Kier molecular flexibility index (Phi) is 6.67. The first-order chi connectivity index (χ1) is 11.4. The molecule has 5 nitrogen and oxygen atoms in total. The van der Waals surface area contributed by atoms with Crippen molar-refractivity contribution in [2.24, 2.45) is 0 Å². The molecule has 1 heterocycles. The number of rotatable bonds is 7. The second-order valence-electron chi connectivity index (χ2n) is 5.67. The molecule has 0 N–H and O–H groups in total. The number of nitrogens with zero attached hydrogens (tertiary/aromatic N) is 3. The minimum absolute atomic E-state index is 0.117. The van der Waals surface area contributed by atoms with Gasteiger partial charge in [0.2, 0.25) is 0 Å². The Hall–Kier alpha value is -1.55. The van der Waals surface area contributed by atoms with Crippen molar-refractivity contribution in [2.45, 2.75) is 50.2 Å². The van der Waals surface area contributed by atoms with Crippen LogP contribution in [-0.2, 0) is 11.3 Å². The topological polar surface area (TPSA) is 67.9 Å². The molecule has 2 aromatic rings. The number of thioether (sulfide) groups is 1. The zero-order chi connectivity index (χ0) is 17.7. The number of hydrogen-bond acceptors (Lipinski definition) is 5. The normalized spacial score (nSPS) is 12.5. The van der Waals surface area contributed by atoms with E-state index in [0.717, 1.165) is 0 Å². The largest absolute Gasteiger partial charge is 0.379 e. The summed E-state index contributed by atoms with van der Waals surface area (Å²) in [7, 11) is 0. The summed E-state index contributed by atoms with van der Waals surface area (Å²) in [5.74, 6) is 0. The van der Waals surface area contributed by atoms with Crippen LogP contribution in [0.2, 0.25) is 5.02 Å². The van der Waals surface area contributed by atoms with Crippen molar-refractivity contribution >= 4 is 34.3 Å². The van der Waals surface area contributed by atoms with E-state index in [0.29, 0.717) is 40.7 Å². The van der Waals surface area contributed by atoms with Gasteiger partial charge in [-0.05, 0) is 45.4 Å². The number of aromatic nitrogens is 2. The Morgan fingerprint density at radius 3 is 2.83 bits per heavy atom. The number of hydrogen-bond donors (Lipinski definition) is 0. The zero-order valence-corrected chi connectivity index (χ0v) is 15.5. The van der Waals surface area contributed by atoms with Crippen LogP contribution in [0, 0.1) is 11.3 Å².